The minimum Gasteiger partial charge on any atom is -0.396 e. The highest BCUT2D eigenvalue weighted by Gasteiger charge is 2.27. The highest BCUT2D eigenvalue weighted by Crippen LogP contribution is 2.33. The molecule has 0 radical (unpaired) electrons. The lowest BCUT2D eigenvalue weighted by Gasteiger charge is -2.35. The van der Waals surface area contributed by atoms with Crippen LogP contribution in [0.1, 0.15) is 38.7 Å². The maximum Gasteiger partial charge on any atom is 0.101 e. The van der Waals surface area contributed by atoms with Crippen molar-refractivity contribution < 1.29 is 0 Å². The number of benzene rings is 1. The fourth-order valence-corrected chi connectivity index (χ4v) is 2.77. The lowest BCUT2D eigenvalue weighted by atomic mass is 9.78. The fourth-order valence-electron chi connectivity index (χ4n) is 2.77. The number of nitrogens with two attached hydrogens (primary N) is 1. The van der Waals surface area contributed by atoms with Gasteiger partial charge in [-0.15, -0.1) is 0 Å². The number of nitrogens with one attached hydrogen (secondary N) is 1. The monoisotopic (exact) mass is 243 g/mol. The topological polar surface area (TPSA) is 61.8 Å². The van der Waals surface area contributed by atoms with Gasteiger partial charge >= 0.3 is 0 Å². The number of anilines is 2. The van der Waals surface area contributed by atoms with Crippen LogP contribution in [-0.2, 0) is 0 Å². The molecule has 3 unspecified atom stereocenters. The standard InChI is InChI=1S/C15H21N3/c1-10-5-3-7-13(11(10)2)18-14-8-4-6-12(9-16)15(14)17/h4,6,8,10-11,13,18H,3,5,7,17H2,1-2H3. The lowest BCUT2D eigenvalue weighted by Crippen LogP contribution is -2.35. The Balaban J connectivity index is 2.17. The van der Waals surface area contributed by atoms with Crippen LogP contribution in [0, 0.1) is 23.2 Å². The number of para-hydroxylation sites is 1. The Labute approximate surface area is 109 Å². The van der Waals surface area contributed by atoms with Crippen LogP contribution in [0.2, 0.25) is 0 Å². The van der Waals surface area contributed by atoms with E-state index in [0.29, 0.717) is 23.2 Å². The zero-order valence-electron chi connectivity index (χ0n) is 11.1. The molecule has 1 aromatic rings. The second-order valence-corrected chi connectivity index (χ2v) is 5.40. The van der Waals surface area contributed by atoms with Gasteiger partial charge in [-0.25, -0.2) is 0 Å². The Morgan fingerprint density at radius 3 is 2.83 bits per heavy atom. The predicted molar refractivity (Wildman–Crippen MR) is 75.2 cm³/mol. The lowest BCUT2D eigenvalue weighted by molar-refractivity contribution is 0.253. The Morgan fingerprint density at radius 1 is 1.33 bits per heavy atom. The van der Waals surface area contributed by atoms with E-state index >= 15 is 0 Å². The van der Waals surface area contributed by atoms with Crippen molar-refractivity contribution in [2.75, 3.05) is 11.1 Å². The molecular weight excluding hydrogens is 222 g/mol. The van der Waals surface area contributed by atoms with Gasteiger partial charge < -0.3 is 11.1 Å². The van der Waals surface area contributed by atoms with E-state index in [-0.39, 0.29) is 0 Å². The number of hydrogen-bond donors (Lipinski definition) is 2. The second-order valence-electron chi connectivity index (χ2n) is 5.40. The molecule has 1 aliphatic carbocycles. The van der Waals surface area contributed by atoms with Gasteiger partial charge in [-0.3, -0.25) is 0 Å². The first-order valence-corrected chi connectivity index (χ1v) is 6.68. The summed E-state index contributed by atoms with van der Waals surface area (Å²) in [5, 5.41) is 12.5. The molecule has 0 bridgehead atoms. The molecule has 0 saturated heterocycles. The van der Waals surface area contributed by atoms with Crippen molar-refractivity contribution in [2.45, 2.75) is 39.2 Å². The smallest absolute Gasteiger partial charge is 0.101 e. The summed E-state index contributed by atoms with van der Waals surface area (Å²) in [7, 11) is 0. The summed E-state index contributed by atoms with van der Waals surface area (Å²) in [6.07, 6.45) is 3.76. The van der Waals surface area contributed by atoms with E-state index in [2.05, 4.69) is 25.2 Å². The van der Waals surface area contributed by atoms with Gasteiger partial charge in [0, 0.05) is 6.04 Å². The van der Waals surface area contributed by atoms with E-state index in [9.17, 15) is 0 Å². The summed E-state index contributed by atoms with van der Waals surface area (Å²) < 4.78 is 0. The Kier molecular flexibility index (Phi) is 3.76. The number of hydrogen-bond acceptors (Lipinski definition) is 3. The summed E-state index contributed by atoms with van der Waals surface area (Å²) in [6.45, 7) is 4.61. The van der Waals surface area contributed by atoms with E-state index in [1.54, 1.807) is 6.07 Å². The SMILES string of the molecule is CC1CCCC(Nc2cccc(C#N)c2N)C1C. The molecule has 2 rings (SSSR count). The van der Waals surface area contributed by atoms with E-state index < -0.39 is 0 Å². The van der Waals surface area contributed by atoms with Gasteiger partial charge in [0.15, 0.2) is 0 Å². The van der Waals surface area contributed by atoms with Gasteiger partial charge in [-0.1, -0.05) is 32.8 Å². The van der Waals surface area contributed by atoms with Crippen LogP contribution < -0.4 is 11.1 Å². The van der Waals surface area contributed by atoms with Crippen LogP contribution in [0.5, 0.6) is 0 Å². The van der Waals surface area contributed by atoms with E-state index in [1.165, 1.54) is 19.3 Å². The second kappa shape index (κ2) is 5.30. The first kappa shape index (κ1) is 12.8. The molecule has 0 amide bonds. The van der Waals surface area contributed by atoms with Crippen molar-refractivity contribution in [3.63, 3.8) is 0 Å². The van der Waals surface area contributed by atoms with Gasteiger partial charge in [0.2, 0.25) is 0 Å². The molecule has 0 aromatic heterocycles. The van der Waals surface area contributed by atoms with Gasteiger partial charge in [0.1, 0.15) is 6.07 Å². The van der Waals surface area contributed by atoms with Crippen molar-refractivity contribution in [3.8, 4) is 6.07 Å². The van der Waals surface area contributed by atoms with Crippen molar-refractivity contribution >= 4 is 11.4 Å². The number of nitrogen functional groups attached to an aromatic ring is 1. The molecule has 96 valence electrons. The first-order chi connectivity index (χ1) is 8.63. The van der Waals surface area contributed by atoms with E-state index in [0.717, 1.165) is 11.6 Å². The number of nitrogens with zero attached hydrogens (tertiary/aromatic N) is 1. The minimum atomic E-state index is 0.463. The molecule has 1 aromatic carbocycles. The molecule has 3 heteroatoms. The molecule has 1 aliphatic rings. The maximum atomic E-state index is 8.99. The predicted octanol–water partition coefficient (Wildman–Crippen LogP) is 3.38. The van der Waals surface area contributed by atoms with Gasteiger partial charge in [-0.05, 0) is 30.4 Å². The molecule has 0 spiro atoms. The van der Waals surface area contributed by atoms with Gasteiger partial charge in [0.05, 0.1) is 16.9 Å². The van der Waals surface area contributed by atoms with Gasteiger partial charge in [0.25, 0.3) is 0 Å². The molecule has 1 saturated carbocycles. The number of nitriles is 1. The van der Waals surface area contributed by atoms with Crippen LogP contribution in [-0.4, -0.2) is 6.04 Å². The van der Waals surface area contributed by atoms with E-state index in [1.807, 2.05) is 12.1 Å². The van der Waals surface area contributed by atoms with Crippen LogP contribution >= 0.6 is 0 Å². The average Bonchev–Trinajstić information content (AvgIpc) is 2.37. The zero-order chi connectivity index (χ0) is 13.1. The van der Waals surface area contributed by atoms with Crippen molar-refractivity contribution in [1.29, 1.82) is 5.26 Å². The highest BCUT2D eigenvalue weighted by molar-refractivity contribution is 5.73. The molecule has 3 atom stereocenters. The number of rotatable bonds is 2. The van der Waals surface area contributed by atoms with Crippen LogP contribution in [0.15, 0.2) is 18.2 Å². The normalized spacial score (nSPS) is 27.5. The zero-order valence-corrected chi connectivity index (χ0v) is 11.1. The minimum absolute atomic E-state index is 0.463. The van der Waals surface area contributed by atoms with Crippen molar-refractivity contribution in [2.24, 2.45) is 11.8 Å². The van der Waals surface area contributed by atoms with Crippen molar-refractivity contribution in [3.05, 3.63) is 23.8 Å². The van der Waals surface area contributed by atoms with Crippen LogP contribution in [0.25, 0.3) is 0 Å². The Hall–Kier alpha value is -1.69. The molecule has 3 N–H and O–H groups in total. The summed E-state index contributed by atoms with van der Waals surface area (Å²) in [5.74, 6) is 1.39. The van der Waals surface area contributed by atoms with Crippen LogP contribution in [0.4, 0.5) is 11.4 Å². The largest absolute Gasteiger partial charge is 0.396 e. The molecule has 18 heavy (non-hydrogen) atoms. The Bertz CT molecular complexity index is 461. The van der Waals surface area contributed by atoms with E-state index in [4.69, 9.17) is 11.0 Å². The summed E-state index contributed by atoms with van der Waals surface area (Å²) >= 11 is 0. The first-order valence-electron chi connectivity index (χ1n) is 6.68. The molecular formula is C15H21N3. The summed E-state index contributed by atoms with van der Waals surface area (Å²) in [6, 6.07) is 8.19. The summed E-state index contributed by atoms with van der Waals surface area (Å²) in [5.41, 5.74) is 8.04. The molecule has 3 nitrogen and oxygen atoms in total. The molecule has 0 heterocycles. The third-order valence-corrected chi connectivity index (χ3v) is 4.27. The molecule has 0 aliphatic heterocycles. The third-order valence-electron chi connectivity index (χ3n) is 4.27. The molecule has 1 fully saturated rings. The van der Waals surface area contributed by atoms with Gasteiger partial charge in [-0.2, -0.15) is 5.26 Å². The third kappa shape index (κ3) is 2.43. The quantitative estimate of drug-likeness (QED) is 0.783. The highest BCUT2D eigenvalue weighted by atomic mass is 14.9. The average molecular weight is 243 g/mol. The fraction of sp³-hybridized carbons (Fsp3) is 0.533. The van der Waals surface area contributed by atoms with Crippen molar-refractivity contribution in [1.82, 2.24) is 0 Å². The Morgan fingerprint density at radius 2 is 2.11 bits per heavy atom. The summed E-state index contributed by atoms with van der Waals surface area (Å²) in [4.78, 5) is 0. The maximum absolute atomic E-state index is 8.99. The van der Waals surface area contributed by atoms with Crippen LogP contribution in [0.3, 0.4) is 0 Å².